The molecule has 0 saturated heterocycles. The van der Waals surface area contributed by atoms with E-state index in [1.54, 1.807) is 0 Å². The molecule has 0 aliphatic rings. The van der Waals surface area contributed by atoms with Gasteiger partial charge in [0, 0.05) is 40.4 Å². The average Bonchev–Trinajstić information content (AvgIpc) is 3.55. The SMILES string of the molecule is CC(C)(C)[Si](c1cccc(-n2c3ccccc3c3ccc(-n4cccn4)cc32)c1)(c1ccccn1)C(C)(C)C. The first-order valence-electron chi connectivity index (χ1n) is 13.7. The molecule has 0 saturated carbocycles. The molecule has 0 radical (unpaired) electrons. The second-order valence-corrected chi connectivity index (χ2v) is 18.1. The molecule has 6 aromatic rings. The van der Waals surface area contributed by atoms with Crippen LogP contribution in [-0.2, 0) is 0 Å². The summed E-state index contributed by atoms with van der Waals surface area (Å²) in [7, 11) is -2.42. The van der Waals surface area contributed by atoms with Gasteiger partial charge in [-0.1, -0.05) is 84.0 Å². The third-order valence-electron chi connectivity index (χ3n) is 8.26. The van der Waals surface area contributed by atoms with Crippen molar-refractivity contribution in [3.05, 3.63) is 110 Å². The van der Waals surface area contributed by atoms with Crippen molar-refractivity contribution in [2.45, 2.75) is 51.6 Å². The summed E-state index contributed by atoms with van der Waals surface area (Å²) in [4.78, 5) is 5.04. The van der Waals surface area contributed by atoms with Crippen molar-refractivity contribution in [3.63, 3.8) is 0 Å². The van der Waals surface area contributed by atoms with Gasteiger partial charge >= 0.3 is 0 Å². The van der Waals surface area contributed by atoms with Crippen molar-refractivity contribution in [3.8, 4) is 11.4 Å². The van der Waals surface area contributed by atoms with E-state index in [1.165, 1.54) is 38.0 Å². The summed E-state index contributed by atoms with van der Waals surface area (Å²) >= 11 is 0. The number of rotatable bonds is 4. The minimum absolute atomic E-state index is 0.0340. The summed E-state index contributed by atoms with van der Waals surface area (Å²) in [6, 6.07) is 33.0. The van der Waals surface area contributed by atoms with Crippen molar-refractivity contribution in [1.82, 2.24) is 19.3 Å². The van der Waals surface area contributed by atoms with Gasteiger partial charge < -0.3 is 4.57 Å². The number of pyridine rings is 1. The van der Waals surface area contributed by atoms with Gasteiger partial charge in [0.1, 0.15) is 0 Å². The van der Waals surface area contributed by atoms with Crippen LogP contribution >= 0.6 is 0 Å². The highest BCUT2D eigenvalue weighted by molar-refractivity contribution is 7.05. The molecule has 6 rings (SSSR count). The average molecular weight is 529 g/mol. The van der Waals surface area contributed by atoms with Gasteiger partial charge in [-0.3, -0.25) is 4.98 Å². The van der Waals surface area contributed by atoms with Gasteiger partial charge in [-0.25, -0.2) is 4.68 Å². The smallest absolute Gasteiger partial charge is 0.151 e. The fraction of sp³-hybridized carbons (Fsp3) is 0.235. The Morgan fingerprint density at radius 1 is 0.615 bits per heavy atom. The number of para-hydroxylation sites is 1. The Hall–Kier alpha value is -3.96. The van der Waals surface area contributed by atoms with Gasteiger partial charge in [0.25, 0.3) is 0 Å². The number of fused-ring (bicyclic) bond motifs is 3. The molecule has 0 aliphatic carbocycles. The molecule has 0 spiro atoms. The van der Waals surface area contributed by atoms with Crippen molar-refractivity contribution in [2.75, 3.05) is 0 Å². The Morgan fingerprint density at radius 2 is 1.36 bits per heavy atom. The maximum Gasteiger partial charge on any atom is 0.151 e. The molecule has 4 nitrogen and oxygen atoms in total. The topological polar surface area (TPSA) is 35.6 Å². The standard InChI is InChI=1S/C34H36N4Si/c1-33(2,3)39(34(4,5)6,32-17-9-10-20-35-32)27-14-11-13-26(23-27)38-30-16-8-7-15-28(30)29-19-18-25(24-31(29)38)37-22-12-21-36-37/h7-24H,1-6H3. The van der Waals surface area contributed by atoms with E-state index in [0.29, 0.717) is 0 Å². The molecule has 3 aromatic heterocycles. The van der Waals surface area contributed by atoms with Crippen LogP contribution in [0, 0.1) is 0 Å². The van der Waals surface area contributed by atoms with Crippen molar-refractivity contribution < 1.29 is 0 Å². The molecular weight excluding hydrogens is 492 g/mol. The summed E-state index contributed by atoms with van der Waals surface area (Å²) in [6.45, 7) is 14.4. The Kier molecular flexibility index (Phi) is 5.88. The number of benzene rings is 3. The van der Waals surface area contributed by atoms with E-state index in [1.807, 2.05) is 35.4 Å². The van der Waals surface area contributed by atoms with Crippen LogP contribution in [0.25, 0.3) is 33.2 Å². The molecule has 0 unspecified atom stereocenters. The zero-order valence-corrected chi connectivity index (χ0v) is 24.7. The number of hydrogen-bond acceptors (Lipinski definition) is 2. The molecule has 0 aliphatic heterocycles. The van der Waals surface area contributed by atoms with Gasteiger partial charge in [-0.05, 0) is 63.8 Å². The summed E-state index contributed by atoms with van der Waals surface area (Å²) in [6.07, 6.45) is 5.78. The van der Waals surface area contributed by atoms with Crippen LogP contribution in [0.2, 0.25) is 10.1 Å². The predicted octanol–water partition coefficient (Wildman–Crippen LogP) is 7.53. The maximum atomic E-state index is 5.04. The fourth-order valence-corrected chi connectivity index (χ4v) is 14.3. The Bertz CT molecular complexity index is 1750. The molecule has 0 bridgehead atoms. The molecule has 3 aromatic carbocycles. The number of hydrogen-bond donors (Lipinski definition) is 0. The minimum Gasteiger partial charge on any atom is -0.309 e. The summed E-state index contributed by atoms with van der Waals surface area (Å²) in [5.74, 6) is 0. The quantitative estimate of drug-likeness (QED) is 0.222. The predicted molar refractivity (Wildman–Crippen MR) is 167 cm³/mol. The molecule has 5 heteroatoms. The lowest BCUT2D eigenvalue weighted by Gasteiger charge is -2.51. The summed E-state index contributed by atoms with van der Waals surface area (Å²) < 4.78 is 4.35. The van der Waals surface area contributed by atoms with E-state index in [9.17, 15) is 0 Å². The van der Waals surface area contributed by atoms with Crippen LogP contribution < -0.4 is 10.5 Å². The Balaban J connectivity index is 1.67. The zero-order valence-electron chi connectivity index (χ0n) is 23.7. The highest BCUT2D eigenvalue weighted by Gasteiger charge is 2.56. The Labute approximate surface area is 232 Å². The van der Waals surface area contributed by atoms with Gasteiger partial charge in [0.05, 0.1) is 16.7 Å². The molecule has 196 valence electrons. The first-order valence-corrected chi connectivity index (χ1v) is 15.7. The number of nitrogens with zero attached hydrogens (tertiary/aromatic N) is 4. The van der Waals surface area contributed by atoms with E-state index < -0.39 is 8.07 Å². The first kappa shape index (κ1) is 25.3. The summed E-state index contributed by atoms with van der Waals surface area (Å²) in [5.41, 5.74) is 4.61. The molecule has 3 heterocycles. The third kappa shape index (κ3) is 3.87. The van der Waals surface area contributed by atoms with Crippen LogP contribution in [0.4, 0.5) is 0 Å². The lowest BCUT2D eigenvalue weighted by atomic mass is 10.1. The van der Waals surface area contributed by atoms with Crippen molar-refractivity contribution in [1.29, 1.82) is 0 Å². The minimum atomic E-state index is -2.42. The highest BCUT2D eigenvalue weighted by Crippen LogP contribution is 2.50. The second-order valence-electron chi connectivity index (χ2n) is 12.5. The van der Waals surface area contributed by atoms with Crippen LogP contribution in [0.15, 0.2) is 110 Å². The van der Waals surface area contributed by atoms with Crippen molar-refractivity contribution in [2.24, 2.45) is 0 Å². The van der Waals surface area contributed by atoms with Gasteiger partial charge in [0.2, 0.25) is 0 Å². The summed E-state index contributed by atoms with van der Waals surface area (Å²) in [5, 5.41) is 9.71. The largest absolute Gasteiger partial charge is 0.309 e. The van der Waals surface area contributed by atoms with Gasteiger partial charge in [-0.15, -0.1) is 0 Å². The van der Waals surface area contributed by atoms with Gasteiger partial charge in [0.15, 0.2) is 8.07 Å². The van der Waals surface area contributed by atoms with Crippen LogP contribution in [0.5, 0.6) is 0 Å². The lowest BCUT2D eigenvalue weighted by molar-refractivity contribution is 0.635. The monoisotopic (exact) mass is 528 g/mol. The third-order valence-corrected chi connectivity index (χ3v) is 15.0. The first-order chi connectivity index (χ1) is 18.6. The molecule has 0 amide bonds. The van der Waals surface area contributed by atoms with E-state index in [2.05, 4.69) is 130 Å². The lowest BCUT2D eigenvalue weighted by Crippen LogP contribution is -2.70. The van der Waals surface area contributed by atoms with E-state index in [-0.39, 0.29) is 10.1 Å². The van der Waals surface area contributed by atoms with Crippen LogP contribution in [0.3, 0.4) is 0 Å². The number of aromatic nitrogens is 4. The highest BCUT2D eigenvalue weighted by atomic mass is 28.3. The molecule has 39 heavy (non-hydrogen) atoms. The fourth-order valence-electron chi connectivity index (χ4n) is 7.17. The second kappa shape index (κ2) is 9.06. The van der Waals surface area contributed by atoms with E-state index >= 15 is 0 Å². The molecule has 0 N–H and O–H groups in total. The van der Waals surface area contributed by atoms with Gasteiger partial charge in [-0.2, -0.15) is 5.10 Å². The molecule has 0 atom stereocenters. The van der Waals surface area contributed by atoms with Crippen LogP contribution in [-0.4, -0.2) is 27.4 Å². The molecular formula is C34H36N4Si. The van der Waals surface area contributed by atoms with Crippen molar-refractivity contribution >= 4 is 40.4 Å². The van der Waals surface area contributed by atoms with Crippen LogP contribution in [0.1, 0.15) is 41.5 Å². The Morgan fingerprint density at radius 3 is 2.05 bits per heavy atom. The van der Waals surface area contributed by atoms with E-state index in [4.69, 9.17) is 4.98 Å². The van der Waals surface area contributed by atoms with E-state index in [0.717, 1.165) is 5.69 Å². The maximum absolute atomic E-state index is 5.04. The zero-order chi connectivity index (χ0) is 27.4. The molecule has 0 fully saturated rings. The normalized spacial score (nSPS) is 12.9.